The lowest BCUT2D eigenvalue weighted by atomic mass is 9.89. The predicted molar refractivity (Wildman–Crippen MR) is 116 cm³/mol. The van der Waals surface area contributed by atoms with E-state index in [1.807, 2.05) is 27.7 Å². The molecule has 2 aromatic carbocycles. The Morgan fingerprint density at radius 1 is 0.966 bits per heavy atom. The average Bonchev–Trinajstić information content (AvgIpc) is 2.67. The van der Waals surface area contributed by atoms with Crippen molar-refractivity contribution in [2.75, 3.05) is 11.9 Å². The molecule has 0 heterocycles. The van der Waals surface area contributed by atoms with Crippen LogP contribution in [0, 0.1) is 0 Å². The lowest BCUT2D eigenvalue weighted by Crippen LogP contribution is -2.30. The van der Waals surface area contributed by atoms with E-state index in [9.17, 15) is 14.4 Å². The summed E-state index contributed by atoms with van der Waals surface area (Å²) in [5.74, 6) is -0.632. The molecule has 0 bridgehead atoms. The molecule has 6 heteroatoms. The molecular weight excluding hydrogens is 386 g/mol. The molecule has 0 atom stereocenters. The van der Waals surface area contributed by atoms with Gasteiger partial charge in [0.15, 0.2) is 0 Å². The van der Waals surface area contributed by atoms with Gasteiger partial charge in [0.05, 0.1) is 11.5 Å². The molecule has 0 unspecified atom stereocenters. The lowest BCUT2D eigenvalue weighted by molar-refractivity contribution is -0.112. The first kappa shape index (κ1) is 20.9. The first-order valence-corrected chi connectivity index (χ1v) is 10.2. The van der Waals surface area contributed by atoms with Gasteiger partial charge in [-0.3, -0.25) is 14.4 Å². The standard InChI is InChI=1S/C23H23NO4S/c1-5-28-15-12-10-14(11-13-15)24-22(27)18-19(25)16-8-6-7-9-17(16)20(26)21(18)29-23(2,3)4/h6-13H,5H2,1-4H3,(H,24,27). The topological polar surface area (TPSA) is 72.5 Å². The molecule has 0 aliphatic heterocycles. The predicted octanol–water partition coefficient (Wildman–Crippen LogP) is 4.89. The molecule has 5 nitrogen and oxygen atoms in total. The van der Waals surface area contributed by atoms with Crippen LogP contribution in [-0.4, -0.2) is 28.8 Å². The Balaban J connectivity index is 1.99. The van der Waals surface area contributed by atoms with E-state index in [2.05, 4.69) is 5.32 Å². The van der Waals surface area contributed by atoms with Crippen molar-refractivity contribution in [1.82, 2.24) is 0 Å². The van der Waals surface area contributed by atoms with E-state index in [1.165, 1.54) is 11.8 Å². The number of benzene rings is 2. The number of ketones is 2. The van der Waals surface area contributed by atoms with E-state index in [0.29, 0.717) is 23.6 Å². The van der Waals surface area contributed by atoms with Crippen LogP contribution in [0.2, 0.25) is 0 Å². The molecule has 0 fully saturated rings. The Labute approximate surface area is 174 Å². The van der Waals surface area contributed by atoms with Crippen LogP contribution in [0.4, 0.5) is 5.69 Å². The van der Waals surface area contributed by atoms with E-state index in [4.69, 9.17) is 4.74 Å². The van der Waals surface area contributed by atoms with Crippen molar-refractivity contribution in [3.63, 3.8) is 0 Å². The third-order valence-corrected chi connectivity index (χ3v) is 5.34. The Morgan fingerprint density at radius 2 is 1.55 bits per heavy atom. The van der Waals surface area contributed by atoms with Gasteiger partial charge >= 0.3 is 0 Å². The zero-order valence-corrected chi connectivity index (χ0v) is 17.7. The van der Waals surface area contributed by atoms with E-state index in [-0.39, 0.29) is 26.6 Å². The number of carbonyl (C=O) groups is 3. The van der Waals surface area contributed by atoms with Crippen molar-refractivity contribution in [1.29, 1.82) is 0 Å². The van der Waals surface area contributed by atoms with Gasteiger partial charge in [0, 0.05) is 21.6 Å². The summed E-state index contributed by atoms with van der Waals surface area (Å²) < 4.78 is 5.06. The molecule has 0 saturated carbocycles. The normalized spacial score (nSPS) is 13.9. The van der Waals surface area contributed by atoms with Crippen LogP contribution in [0.5, 0.6) is 5.75 Å². The number of nitrogens with one attached hydrogen (secondary N) is 1. The number of anilines is 1. The molecule has 3 rings (SSSR count). The molecule has 1 amide bonds. The first-order chi connectivity index (χ1) is 13.7. The molecule has 1 aliphatic rings. The molecule has 0 aromatic heterocycles. The third kappa shape index (κ3) is 4.59. The van der Waals surface area contributed by atoms with E-state index in [1.54, 1.807) is 48.5 Å². The van der Waals surface area contributed by atoms with Gasteiger partial charge in [0.1, 0.15) is 11.3 Å². The van der Waals surface area contributed by atoms with Crippen molar-refractivity contribution < 1.29 is 19.1 Å². The fraction of sp³-hybridized carbons (Fsp3) is 0.261. The SMILES string of the molecule is CCOc1ccc(NC(=O)C2=C(SC(C)(C)C)C(=O)c3ccccc3C2=O)cc1. The molecule has 1 N–H and O–H groups in total. The quantitative estimate of drug-likeness (QED) is 0.712. The van der Waals surface area contributed by atoms with Crippen LogP contribution in [0.15, 0.2) is 59.0 Å². The van der Waals surface area contributed by atoms with Crippen LogP contribution >= 0.6 is 11.8 Å². The van der Waals surface area contributed by atoms with E-state index in [0.717, 1.165) is 0 Å². The maximum atomic E-state index is 13.1. The number of amides is 1. The van der Waals surface area contributed by atoms with Crippen molar-refractivity contribution in [3.05, 3.63) is 70.1 Å². The zero-order chi connectivity index (χ0) is 21.2. The summed E-state index contributed by atoms with van der Waals surface area (Å²) in [6, 6.07) is 13.5. The van der Waals surface area contributed by atoms with Crippen molar-refractivity contribution in [3.8, 4) is 5.75 Å². The smallest absolute Gasteiger partial charge is 0.260 e. The van der Waals surface area contributed by atoms with Gasteiger partial charge in [-0.15, -0.1) is 11.8 Å². The minimum Gasteiger partial charge on any atom is -0.494 e. The summed E-state index contributed by atoms with van der Waals surface area (Å²) >= 11 is 1.24. The monoisotopic (exact) mass is 409 g/mol. The molecule has 0 spiro atoms. The van der Waals surface area contributed by atoms with Gasteiger partial charge in [-0.05, 0) is 31.2 Å². The maximum Gasteiger partial charge on any atom is 0.260 e. The van der Waals surface area contributed by atoms with Gasteiger partial charge < -0.3 is 10.1 Å². The molecule has 150 valence electrons. The summed E-state index contributed by atoms with van der Waals surface area (Å²) in [4.78, 5) is 39.5. The molecule has 29 heavy (non-hydrogen) atoms. The number of rotatable bonds is 5. The molecule has 0 radical (unpaired) electrons. The number of allylic oxidation sites excluding steroid dienone is 1. The molecule has 2 aromatic rings. The van der Waals surface area contributed by atoms with Gasteiger partial charge in [0.2, 0.25) is 11.6 Å². The number of hydrogen-bond donors (Lipinski definition) is 1. The van der Waals surface area contributed by atoms with Crippen molar-refractivity contribution in [2.24, 2.45) is 0 Å². The second-order valence-electron chi connectivity index (χ2n) is 7.53. The zero-order valence-electron chi connectivity index (χ0n) is 16.9. The summed E-state index contributed by atoms with van der Waals surface area (Å²) in [6.07, 6.45) is 0. The summed E-state index contributed by atoms with van der Waals surface area (Å²) in [5, 5.41) is 2.74. The van der Waals surface area contributed by atoms with Gasteiger partial charge in [0.25, 0.3) is 5.91 Å². The fourth-order valence-electron chi connectivity index (χ4n) is 2.96. The Morgan fingerprint density at radius 3 is 2.10 bits per heavy atom. The maximum absolute atomic E-state index is 13.1. The highest BCUT2D eigenvalue weighted by Gasteiger charge is 2.37. The van der Waals surface area contributed by atoms with Crippen molar-refractivity contribution in [2.45, 2.75) is 32.4 Å². The van der Waals surface area contributed by atoms with Crippen LogP contribution < -0.4 is 10.1 Å². The fourth-order valence-corrected chi connectivity index (χ4v) is 4.06. The molecule has 1 aliphatic carbocycles. The minimum absolute atomic E-state index is 0.109. The number of thioether (sulfide) groups is 1. The van der Waals surface area contributed by atoms with Gasteiger partial charge in [-0.1, -0.05) is 45.0 Å². The Hall–Kier alpha value is -2.86. The van der Waals surface area contributed by atoms with E-state index >= 15 is 0 Å². The first-order valence-electron chi connectivity index (χ1n) is 9.37. The number of carbonyl (C=O) groups excluding carboxylic acids is 3. The molecule has 0 saturated heterocycles. The number of hydrogen-bond acceptors (Lipinski definition) is 5. The summed E-state index contributed by atoms with van der Waals surface area (Å²) in [7, 11) is 0. The van der Waals surface area contributed by atoms with Crippen LogP contribution in [0.1, 0.15) is 48.4 Å². The number of ether oxygens (including phenoxy) is 1. The van der Waals surface area contributed by atoms with Crippen LogP contribution in [-0.2, 0) is 4.79 Å². The highest BCUT2D eigenvalue weighted by molar-refractivity contribution is 8.05. The van der Waals surface area contributed by atoms with Crippen LogP contribution in [0.25, 0.3) is 0 Å². The Kier molecular flexibility index (Phi) is 5.94. The summed E-state index contributed by atoms with van der Waals surface area (Å²) in [5.41, 5.74) is 1.00. The van der Waals surface area contributed by atoms with Crippen LogP contribution in [0.3, 0.4) is 0 Å². The average molecular weight is 410 g/mol. The second-order valence-corrected chi connectivity index (χ2v) is 9.37. The number of fused-ring (bicyclic) bond motifs is 1. The highest BCUT2D eigenvalue weighted by Crippen LogP contribution is 2.39. The van der Waals surface area contributed by atoms with E-state index < -0.39 is 11.7 Å². The lowest BCUT2D eigenvalue weighted by Gasteiger charge is -2.25. The van der Waals surface area contributed by atoms with Gasteiger partial charge in [-0.25, -0.2) is 0 Å². The number of Topliss-reactive ketones (excluding diaryl/α,β-unsaturated/α-hetero) is 2. The highest BCUT2D eigenvalue weighted by atomic mass is 32.2. The molecular formula is C23H23NO4S. The third-order valence-electron chi connectivity index (χ3n) is 4.14. The second kappa shape index (κ2) is 8.25. The Bertz CT molecular complexity index is 1000. The largest absolute Gasteiger partial charge is 0.494 e. The van der Waals surface area contributed by atoms with Gasteiger partial charge in [-0.2, -0.15) is 0 Å². The summed E-state index contributed by atoms with van der Waals surface area (Å²) in [6.45, 7) is 8.24. The van der Waals surface area contributed by atoms with Crippen molar-refractivity contribution >= 4 is 34.9 Å². The minimum atomic E-state index is -0.589.